The Morgan fingerprint density at radius 1 is 1.00 bits per heavy atom. The van der Waals surface area contributed by atoms with E-state index < -0.39 is 23.8 Å². The number of rotatable bonds is 11. The maximum absolute atomic E-state index is 13.5. The predicted octanol–water partition coefficient (Wildman–Crippen LogP) is 3.29. The second-order valence-corrected chi connectivity index (χ2v) is 7.90. The fourth-order valence-corrected chi connectivity index (χ4v) is 3.56. The van der Waals surface area contributed by atoms with Gasteiger partial charge in [0.25, 0.3) is 0 Å². The lowest BCUT2D eigenvalue weighted by atomic mass is 9.96. The van der Waals surface area contributed by atoms with Crippen molar-refractivity contribution in [1.29, 1.82) is 0 Å². The first kappa shape index (κ1) is 24.5. The third-order valence-corrected chi connectivity index (χ3v) is 4.95. The van der Waals surface area contributed by atoms with Gasteiger partial charge in [-0.05, 0) is 55.9 Å². The molecule has 0 spiro atoms. The van der Waals surface area contributed by atoms with E-state index in [1.165, 1.54) is 24.6 Å². The van der Waals surface area contributed by atoms with Crippen molar-refractivity contribution >= 4 is 11.8 Å². The summed E-state index contributed by atoms with van der Waals surface area (Å²) in [7, 11) is 0. The summed E-state index contributed by atoms with van der Waals surface area (Å²) in [4.78, 5) is 23.7. The molecule has 7 heteroatoms. The van der Waals surface area contributed by atoms with Crippen LogP contribution >= 0.6 is 0 Å². The minimum atomic E-state index is -1.00. The number of carbonyl (C=O) groups is 2. The first-order valence-corrected chi connectivity index (χ1v) is 10.5. The number of aliphatic hydroxyl groups excluding tert-OH is 1. The second-order valence-electron chi connectivity index (χ2n) is 7.90. The topological polar surface area (TPSA) is 78.4 Å². The molecule has 0 heterocycles. The largest absolute Gasteiger partial charge is 0.391 e. The van der Waals surface area contributed by atoms with Crippen molar-refractivity contribution in [2.45, 2.75) is 64.1 Å². The van der Waals surface area contributed by atoms with Crippen molar-refractivity contribution < 1.29 is 23.5 Å². The number of nitrogens with one attached hydrogen (secondary N) is 2. The zero-order chi connectivity index (χ0) is 22.8. The lowest BCUT2D eigenvalue weighted by Gasteiger charge is -2.26. The minimum Gasteiger partial charge on any atom is -0.391 e. The van der Waals surface area contributed by atoms with Crippen LogP contribution in [0.1, 0.15) is 44.2 Å². The number of halogens is 2. The van der Waals surface area contributed by atoms with Gasteiger partial charge >= 0.3 is 0 Å². The number of carbonyl (C=O) groups excluding carboxylic acids is 2. The quantitative estimate of drug-likeness (QED) is 0.510. The van der Waals surface area contributed by atoms with Gasteiger partial charge in [-0.2, -0.15) is 0 Å². The van der Waals surface area contributed by atoms with Gasteiger partial charge in [-0.25, -0.2) is 8.78 Å². The lowest BCUT2D eigenvalue weighted by Crippen LogP contribution is -2.47. The third kappa shape index (κ3) is 9.26. The third-order valence-electron chi connectivity index (χ3n) is 4.95. The van der Waals surface area contributed by atoms with Crippen LogP contribution in [0.3, 0.4) is 0 Å². The molecule has 2 amide bonds. The van der Waals surface area contributed by atoms with Crippen LogP contribution < -0.4 is 10.6 Å². The summed E-state index contributed by atoms with van der Waals surface area (Å²) in [5, 5.41) is 16.1. The summed E-state index contributed by atoms with van der Waals surface area (Å²) in [6.07, 6.45) is 1.13. The summed E-state index contributed by atoms with van der Waals surface area (Å²) in [6.45, 7) is 3.08. The molecular formula is C24H30F2N2O3. The fraction of sp³-hybridized carbons (Fsp3) is 0.417. The van der Waals surface area contributed by atoms with E-state index >= 15 is 0 Å². The van der Waals surface area contributed by atoms with E-state index in [4.69, 9.17) is 0 Å². The zero-order valence-electron chi connectivity index (χ0n) is 17.9. The molecule has 3 N–H and O–H groups in total. The maximum atomic E-state index is 13.5. The van der Waals surface area contributed by atoms with Crippen molar-refractivity contribution in [2.75, 3.05) is 0 Å². The highest BCUT2D eigenvalue weighted by molar-refractivity contribution is 5.76. The molecule has 168 valence electrons. The van der Waals surface area contributed by atoms with Gasteiger partial charge in [0, 0.05) is 25.5 Å². The number of hydrogen-bond donors (Lipinski definition) is 3. The van der Waals surface area contributed by atoms with Crippen molar-refractivity contribution in [3.8, 4) is 0 Å². The molecule has 3 unspecified atom stereocenters. The summed E-state index contributed by atoms with van der Waals surface area (Å²) >= 11 is 0. The van der Waals surface area contributed by atoms with Crippen molar-refractivity contribution in [1.82, 2.24) is 10.6 Å². The predicted molar refractivity (Wildman–Crippen MR) is 115 cm³/mol. The number of aryl methyl sites for hydroxylation is 1. The summed E-state index contributed by atoms with van der Waals surface area (Å²) in [5.41, 5.74) is 1.50. The fourth-order valence-electron chi connectivity index (χ4n) is 3.56. The number of benzene rings is 2. The Morgan fingerprint density at radius 2 is 1.65 bits per heavy atom. The van der Waals surface area contributed by atoms with Crippen LogP contribution in [-0.2, 0) is 22.4 Å². The van der Waals surface area contributed by atoms with E-state index in [1.54, 1.807) is 6.92 Å². The minimum absolute atomic E-state index is 0.0627. The average Bonchev–Trinajstić information content (AvgIpc) is 2.67. The van der Waals surface area contributed by atoms with Gasteiger partial charge in [0.2, 0.25) is 11.8 Å². The Kier molecular flexibility index (Phi) is 9.59. The Bertz CT molecular complexity index is 841. The van der Waals surface area contributed by atoms with Crippen LogP contribution in [0, 0.1) is 11.6 Å². The van der Waals surface area contributed by atoms with Gasteiger partial charge in [-0.3, -0.25) is 9.59 Å². The molecule has 0 aliphatic heterocycles. The van der Waals surface area contributed by atoms with E-state index in [0.29, 0.717) is 18.4 Å². The first-order chi connectivity index (χ1) is 14.7. The highest BCUT2D eigenvalue weighted by Crippen LogP contribution is 2.14. The smallest absolute Gasteiger partial charge is 0.220 e. The van der Waals surface area contributed by atoms with Gasteiger partial charge < -0.3 is 15.7 Å². The molecule has 3 atom stereocenters. The van der Waals surface area contributed by atoms with Crippen molar-refractivity contribution in [2.24, 2.45) is 0 Å². The monoisotopic (exact) mass is 432 g/mol. The molecular weight excluding hydrogens is 402 g/mol. The second kappa shape index (κ2) is 12.2. The van der Waals surface area contributed by atoms with Crippen molar-refractivity contribution in [3.63, 3.8) is 0 Å². The van der Waals surface area contributed by atoms with Crippen LogP contribution in [0.5, 0.6) is 0 Å². The SMILES string of the molecule is CC(=O)NC(Cc1cc(F)cc(F)c1)C(O)CC(C)NC(=O)CCCc1ccccc1. The Labute approximate surface area is 181 Å². The van der Waals surface area contributed by atoms with Gasteiger partial charge in [-0.1, -0.05) is 30.3 Å². The Morgan fingerprint density at radius 3 is 2.26 bits per heavy atom. The molecule has 0 aromatic heterocycles. The standard InChI is InChI=1S/C24H30F2N2O3/c1-16(27-24(31)10-6-9-18-7-4-3-5-8-18)11-23(30)22(28-17(2)29)14-19-12-20(25)15-21(26)13-19/h3-5,7-8,12-13,15-16,22-23,30H,6,9-11,14H2,1-2H3,(H,27,31)(H,28,29). The van der Waals surface area contributed by atoms with Gasteiger partial charge in [0.1, 0.15) is 11.6 Å². The number of hydrogen-bond acceptors (Lipinski definition) is 3. The Balaban J connectivity index is 1.85. The lowest BCUT2D eigenvalue weighted by molar-refractivity contribution is -0.123. The van der Waals surface area contributed by atoms with Crippen LogP contribution in [0.2, 0.25) is 0 Å². The van der Waals surface area contributed by atoms with Crippen LogP contribution in [0.25, 0.3) is 0 Å². The van der Waals surface area contributed by atoms with Crippen molar-refractivity contribution in [3.05, 3.63) is 71.3 Å². The highest BCUT2D eigenvalue weighted by atomic mass is 19.1. The maximum Gasteiger partial charge on any atom is 0.220 e. The summed E-state index contributed by atoms with van der Waals surface area (Å²) in [6, 6.07) is 11.9. The van der Waals surface area contributed by atoms with Crippen LogP contribution in [0.4, 0.5) is 8.78 Å². The molecule has 0 fully saturated rings. The molecule has 2 rings (SSSR count). The molecule has 0 aliphatic rings. The van der Waals surface area contributed by atoms with Crippen LogP contribution in [0.15, 0.2) is 48.5 Å². The normalized spacial score (nSPS) is 13.8. The molecule has 0 saturated heterocycles. The molecule has 0 radical (unpaired) electrons. The van der Waals surface area contributed by atoms with E-state index in [9.17, 15) is 23.5 Å². The van der Waals surface area contributed by atoms with Gasteiger partial charge in [-0.15, -0.1) is 0 Å². The molecule has 0 bridgehead atoms. The van der Waals surface area contributed by atoms with Gasteiger partial charge in [0.15, 0.2) is 0 Å². The van der Waals surface area contributed by atoms with E-state index in [0.717, 1.165) is 12.5 Å². The van der Waals surface area contributed by atoms with E-state index in [-0.39, 0.29) is 30.7 Å². The molecule has 0 saturated carbocycles. The Hall–Kier alpha value is -2.80. The molecule has 2 aromatic carbocycles. The molecule has 2 aromatic rings. The van der Waals surface area contributed by atoms with E-state index in [1.807, 2.05) is 30.3 Å². The zero-order valence-corrected chi connectivity index (χ0v) is 17.9. The molecule has 0 aliphatic carbocycles. The van der Waals surface area contributed by atoms with E-state index in [2.05, 4.69) is 10.6 Å². The summed E-state index contributed by atoms with van der Waals surface area (Å²) < 4.78 is 26.9. The summed E-state index contributed by atoms with van der Waals surface area (Å²) in [5.74, 6) is -1.91. The molecule has 31 heavy (non-hydrogen) atoms. The van der Waals surface area contributed by atoms with Gasteiger partial charge in [0.05, 0.1) is 12.1 Å². The number of aliphatic hydroxyl groups is 1. The first-order valence-electron chi connectivity index (χ1n) is 10.5. The average molecular weight is 433 g/mol. The van der Waals surface area contributed by atoms with Crippen LogP contribution in [-0.4, -0.2) is 35.1 Å². The number of amides is 2. The highest BCUT2D eigenvalue weighted by Gasteiger charge is 2.24. The molecule has 5 nitrogen and oxygen atoms in total.